The molecule has 2 fully saturated rings. The minimum absolute atomic E-state index is 0.225. The number of amides is 1. The average Bonchev–Trinajstić information content (AvgIpc) is 3.13. The number of carboxylic acid groups (broad SMARTS) is 1. The molecule has 0 heterocycles. The Labute approximate surface area is 128 Å². The van der Waals surface area contributed by atoms with E-state index in [1.807, 2.05) is 0 Å². The van der Waals surface area contributed by atoms with Crippen molar-refractivity contribution >= 4 is 11.9 Å². The fraction of sp³-hybridized carbons (Fsp3) is 0.529. The zero-order valence-electron chi connectivity index (χ0n) is 12.3. The van der Waals surface area contributed by atoms with Crippen LogP contribution in [0, 0.1) is 23.6 Å². The first kappa shape index (κ1) is 15.0. The van der Waals surface area contributed by atoms with Crippen molar-refractivity contribution in [1.29, 1.82) is 0 Å². The fourth-order valence-electron chi connectivity index (χ4n) is 3.49. The molecule has 22 heavy (non-hydrogen) atoms. The minimum Gasteiger partial charge on any atom is -0.481 e. The number of hydrogen-bond acceptors (Lipinski definition) is 2. The van der Waals surface area contributed by atoms with Crippen LogP contribution in [0.1, 0.15) is 43.7 Å². The van der Waals surface area contributed by atoms with Crippen LogP contribution < -0.4 is 5.32 Å². The Balaban J connectivity index is 1.76. The third-order valence-electron chi connectivity index (χ3n) is 4.85. The van der Waals surface area contributed by atoms with Crippen molar-refractivity contribution in [2.75, 3.05) is 0 Å². The molecule has 3 unspecified atom stereocenters. The van der Waals surface area contributed by atoms with Gasteiger partial charge in [-0.1, -0.05) is 31.0 Å². The molecule has 1 aromatic carbocycles. The summed E-state index contributed by atoms with van der Waals surface area (Å²) < 4.78 is 14.1. The molecule has 0 bridgehead atoms. The highest BCUT2D eigenvalue weighted by Crippen LogP contribution is 2.41. The number of carboxylic acids is 1. The molecule has 118 valence electrons. The summed E-state index contributed by atoms with van der Waals surface area (Å²) in [6.45, 7) is 0. The van der Waals surface area contributed by atoms with E-state index in [-0.39, 0.29) is 23.7 Å². The van der Waals surface area contributed by atoms with Crippen LogP contribution in [0.4, 0.5) is 4.39 Å². The topological polar surface area (TPSA) is 66.4 Å². The van der Waals surface area contributed by atoms with Gasteiger partial charge in [0.1, 0.15) is 5.82 Å². The lowest BCUT2D eigenvalue weighted by atomic mass is 9.91. The van der Waals surface area contributed by atoms with E-state index >= 15 is 0 Å². The van der Waals surface area contributed by atoms with E-state index in [4.69, 9.17) is 5.11 Å². The van der Waals surface area contributed by atoms with Crippen molar-refractivity contribution in [3.8, 4) is 0 Å². The van der Waals surface area contributed by atoms with Crippen LogP contribution in [-0.2, 0) is 9.59 Å². The predicted molar refractivity (Wildman–Crippen MR) is 78.5 cm³/mol. The van der Waals surface area contributed by atoms with E-state index in [9.17, 15) is 14.0 Å². The van der Waals surface area contributed by atoms with Gasteiger partial charge in [-0.15, -0.1) is 0 Å². The first-order valence-corrected chi connectivity index (χ1v) is 7.85. The molecule has 0 radical (unpaired) electrons. The summed E-state index contributed by atoms with van der Waals surface area (Å²) in [5, 5.41) is 11.9. The number of carbonyl (C=O) groups is 2. The van der Waals surface area contributed by atoms with E-state index in [1.54, 1.807) is 18.2 Å². The number of hydrogen-bond donors (Lipinski definition) is 2. The Bertz CT molecular complexity index is 583. The third kappa shape index (κ3) is 2.98. The van der Waals surface area contributed by atoms with Crippen molar-refractivity contribution in [3.63, 3.8) is 0 Å². The monoisotopic (exact) mass is 305 g/mol. The first-order chi connectivity index (χ1) is 10.6. The van der Waals surface area contributed by atoms with Crippen LogP contribution in [-0.4, -0.2) is 17.0 Å². The highest BCUT2D eigenvalue weighted by molar-refractivity contribution is 5.89. The quantitative estimate of drug-likeness (QED) is 0.879. The molecular formula is C17H20FNO3. The summed E-state index contributed by atoms with van der Waals surface area (Å²) in [6, 6.07) is 6.16. The Hall–Kier alpha value is -1.91. The molecule has 3 atom stereocenters. The van der Waals surface area contributed by atoms with Gasteiger partial charge in [0.15, 0.2) is 0 Å². The molecule has 2 saturated carbocycles. The van der Waals surface area contributed by atoms with Crippen molar-refractivity contribution in [3.05, 3.63) is 35.6 Å². The maximum Gasteiger partial charge on any atom is 0.307 e. The van der Waals surface area contributed by atoms with Crippen molar-refractivity contribution in [2.45, 2.75) is 38.1 Å². The van der Waals surface area contributed by atoms with Gasteiger partial charge in [0.25, 0.3) is 0 Å². The second kappa shape index (κ2) is 6.07. The number of carbonyl (C=O) groups excluding carboxylic acids is 1. The van der Waals surface area contributed by atoms with Gasteiger partial charge < -0.3 is 10.4 Å². The summed E-state index contributed by atoms with van der Waals surface area (Å²) in [6.07, 6.45) is 4.49. The summed E-state index contributed by atoms with van der Waals surface area (Å²) in [4.78, 5) is 23.2. The Morgan fingerprint density at radius 2 is 1.86 bits per heavy atom. The number of nitrogens with one attached hydrogen (secondary N) is 1. The second-order valence-corrected chi connectivity index (χ2v) is 6.34. The Morgan fingerprint density at radius 1 is 1.18 bits per heavy atom. The highest BCUT2D eigenvalue weighted by atomic mass is 19.1. The number of rotatable bonds is 5. The molecule has 0 aliphatic heterocycles. The molecule has 2 aliphatic carbocycles. The van der Waals surface area contributed by atoms with Gasteiger partial charge in [0.05, 0.1) is 17.9 Å². The molecule has 2 N–H and O–H groups in total. The average molecular weight is 305 g/mol. The summed E-state index contributed by atoms with van der Waals surface area (Å²) in [5.74, 6) is -2.32. The van der Waals surface area contributed by atoms with E-state index in [2.05, 4.69) is 5.32 Å². The SMILES string of the molecule is O=C(O)C1CC1C(=O)NC(c1ccccc1F)C1CCCC1. The molecule has 5 heteroatoms. The fourth-order valence-corrected chi connectivity index (χ4v) is 3.49. The summed E-state index contributed by atoms with van der Waals surface area (Å²) in [5.41, 5.74) is 0.510. The van der Waals surface area contributed by atoms with Crippen LogP contribution in [0.25, 0.3) is 0 Å². The molecule has 0 aromatic heterocycles. The molecule has 2 aliphatic rings. The van der Waals surface area contributed by atoms with Crippen LogP contribution in [0.3, 0.4) is 0 Å². The predicted octanol–water partition coefficient (Wildman–Crippen LogP) is 2.89. The highest BCUT2D eigenvalue weighted by Gasteiger charge is 2.49. The lowest BCUT2D eigenvalue weighted by Crippen LogP contribution is -2.35. The van der Waals surface area contributed by atoms with Crippen LogP contribution >= 0.6 is 0 Å². The van der Waals surface area contributed by atoms with Crippen molar-refractivity contribution < 1.29 is 19.1 Å². The lowest BCUT2D eigenvalue weighted by molar-refractivity contribution is -0.140. The Kier molecular flexibility index (Phi) is 4.14. The van der Waals surface area contributed by atoms with E-state index in [1.165, 1.54) is 6.07 Å². The number of aliphatic carboxylic acids is 1. The van der Waals surface area contributed by atoms with Crippen LogP contribution in [0.15, 0.2) is 24.3 Å². The first-order valence-electron chi connectivity index (χ1n) is 7.85. The zero-order valence-corrected chi connectivity index (χ0v) is 12.3. The molecule has 3 rings (SSSR count). The lowest BCUT2D eigenvalue weighted by Gasteiger charge is -2.25. The molecule has 1 amide bonds. The Morgan fingerprint density at radius 3 is 2.45 bits per heavy atom. The normalized spacial score (nSPS) is 25.7. The van der Waals surface area contributed by atoms with E-state index in [0.717, 1.165) is 25.7 Å². The zero-order chi connectivity index (χ0) is 15.7. The number of halogens is 1. The van der Waals surface area contributed by atoms with Gasteiger partial charge in [-0.2, -0.15) is 0 Å². The minimum atomic E-state index is -0.927. The molecule has 0 saturated heterocycles. The largest absolute Gasteiger partial charge is 0.481 e. The third-order valence-corrected chi connectivity index (χ3v) is 4.85. The molecule has 1 aromatic rings. The maximum absolute atomic E-state index is 14.1. The number of benzene rings is 1. The van der Waals surface area contributed by atoms with Gasteiger partial charge in [-0.05, 0) is 31.2 Å². The molecule has 4 nitrogen and oxygen atoms in total. The van der Waals surface area contributed by atoms with Crippen LogP contribution in [0.5, 0.6) is 0 Å². The summed E-state index contributed by atoms with van der Waals surface area (Å²) in [7, 11) is 0. The van der Waals surface area contributed by atoms with Crippen LogP contribution in [0.2, 0.25) is 0 Å². The van der Waals surface area contributed by atoms with Gasteiger partial charge in [0, 0.05) is 5.56 Å². The van der Waals surface area contributed by atoms with Gasteiger partial charge in [-0.3, -0.25) is 9.59 Å². The maximum atomic E-state index is 14.1. The molecule has 0 spiro atoms. The van der Waals surface area contributed by atoms with E-state index in [0.29, 0.717) is 12.0 Å². The van der Waals surface area contributed by atoms with Crippen molar-refractivity contribution in [2.24, 2.45) is 17.8 Å². The van der Waals surface area contributed by atoms with Gasteiger partial charge >= 0.3 is 5.97 Å². The summed E-state index contributed by atoms with van der Waals surface area (Å²) >= 11 is 0. The smallest absolute Gasteiger partial charge is 0.307 e. The van der Waals surface area contributed by atoms with E-state index < -0.39 is 17.8 Å². The van der Waals surface area contributed by atoms with Gasteiger partial charge in [0.2, 0.25) is 5.91 Å². The van der Waals surface area contributed by atoms with Crippen molar-refractivity contribution in [1.82, 2.24) is 5.32 Å². The second-order valence-electron chi connectivity index (χ2n) is 6.34. The molecular weight excluding hydrogens is 285 g/mol. The standard InChI is InChI=1S/C17H20FNO3/c18-14-8-4-3-7-11(14)15(10-5-1-2-6-10)19-16(20)12-9-13(12)17(21)22/h3-4,7-8,10,12-13,15H,1-2,5-6,9H2,(H,19,20)(H,21,22). The van der Waals surface area contributed by atoms with Gasteiger partial charge in [-0.25, -0.2) is 4.39 Å².